The van der Waals surface area contributed by atoms with Crippen LogP contribution in [0.5, 0.6) is 0 Å². The van der Waals surface area contributed by atoms with Crippen molar-refractivity contribution in [2.24, 2.45) is 0 Å². The van der Waals surface area contributed by atoms with Gasteiger partial charge in [0.25, 0.3) is 0 Å². The molecular weight excluding hydrogens is 140 g/mol. The van der Waals surface area contributed by atoms with Crippen molar-refractivity contribution in [1.29, 1.82) is 0 Å². The standard InChI is InChI=1S/C9H14O2/c1-3-6-9(11-2)7-4-5-8-10/h3-6,8-9H,7H2,1-2H3/b5-4+,6-3-. The van der Waals surface area contributed by atoms with Gasteiger partial charge in [0.1, 0.15) is 6.29 Å². The van der Waals surface area contributed by atoms with Crippen molar-refractivity contribution in [2.75, 3.05) is 7.11 Å². The highest BCUT2D eigenvalue weighted by molar-refractivity contribution is 5.64. The molecule has 2 heteroatoms. The first kappa shape index (κ1) is 10.1. The Kier molecular flexibility index (Phi) is 6.64. The average molecular weight is 154 g/mol. The number of methoxy groups -OCH3 is 1. The van der Waals surface area contributed by atoms with Gasteiger partial charge in [-0.05, 0) is 19.4 Å². The lowest BCUT2D eigenvalue weighted by Gasteiger charge is -2.05. The van der Waals surface area contributed by atoms with Crippen LogP contribution in [0.25, 0.3) is 0 Å². The van der Waals surface area contributed by atoms with Gasteiger partial charge in [-0.3, -0.25) is 4.79 Å². The van der Waals surface area contributed by atoms with E-state index >= 15 is 0 Å². The van der Waals surface area contributed by atoms with Crippen molar-refractivity contribution in [3.05, 3.63) is 24.3 Å². The van der Waals surface area contributed by atoms with Crippen LogP contribution in [0.3, 0.4) is 0 Å². The van der Waals surface area contributed by atoms with Crippen LogP contribution in [-0.2, 0) is 9.53 Å². The molecule has 0 saturated heterocycles. The molecule has 1 unspecified atom stereocenters. The molecule has 0 bridgehead atoms. The lowest BCUT2D eigenvalue weighted by molar-refractivity contribution is -0.104. The number of carbonyl (C=O) groups is 1. The number of allylic oxidation sites excluding steroid dienone is 2. The van der Waals surface area contributed by atoms with Crippen molar-refractivity contribution >= 4 is 6.29 Å². The summed E-state index contributed by atoms with van der Waals surface area (Å²) >= 11 is 0. The number of ether oxygens (including phenoxy) is 1. The maximum absolute atomic E-state index is 9.89. The molecule has 0 saturated carbocycles. The van der Waals surface area contributed by atoms with Crippen molar-refractivity contribution in [3.63, 3.8) is 0 Å². The molecule has 0 aliphatic carbocycles. The summed E-state index contributed by atoms with van der Waals surface area (Å²) in [5.41, 5.74) is 0. The van der Waals surface area contributed by atoms with E-state index in [0.717, 1.165) is 12.7 Å². The highest BCUT2D eigenvalue weighted by Gasteiger charge is 1.96. The minimum atomic E-state index is 0.0937. The molecule has 0 fully saturated rings. The van der Waals surface area contributed by atoms with Gasteiger partial charge in [0.15, 0.2) is 0 Å². The topological polar surface area (TPSA) is 26.3 Å². The first-order valence-corrected chi connectivity index (χ1v) is 3.61. The third-order valence-corrected chi connectivity index (χ3v) is 1.29. The predicted molar refractivity (Wildman–Crippen MR) is 45.4 cm³/mol. The molecular formula is C9H14O2. The smallest absolute Gasteiger partial charge is 0.142 e. The van der Waals surface area contributed by atoms with Crippen LogP contribution < -0.4 is 0 Å². The number of carbonyl (C=O) groups excluding carboxylic acids is 1. The second kappa shape index (κ2) is 7.22. The summed E-state index contributed by atoms with van der Waals surface area (Å²) in [4.78, 5) is 9.89. The summed E-state index contributed by atoms with van der Waals surface area (Å²) in [6.45, 7) is 1.94. The van der Waals surface area contributed by atoms with E-state index in [1.165, 1.54) is 6.08 Å². The van der Waals surface area contributed by atoms with Crippen molar-refractivity contribution < 1.29 is 9.53 Å². The monoisotopic (exact) mass is 154 g/mol. The molecule has 0 aromatic rings. The average Bonchev–Trinajstić information content (AvgIpc) is 2.03. The molecule has 0 radical (unpaired) electrons. The molecule has 62 valence electrons. The third kappa shape index (κ3) is 5.55. The van der Waals surface area contributed by atoms with Crippen molar-refractivity contribution in [1.82, 2.24) is 0 Å². The minimum absolute atomic E-state index is 0.0937. The van der Waals surface area contributed by atoms with E-state index in [0.29, 0.717) is 0 Å². The summed E-state index contributed by atoms with van der Waals surface area (Å²) in [6, 6.07) is 0. The first-order valence-electron chi connectivity index (χ1n) is 3.61. The molecule has 0 N–H and O–H groups in total. The zero-order valence-electron chi connectivity index (χ0n) is 6.99. The van der Waals surface area contributed by atoms with Crippen LogP contribution in [0, 0.1) is 0 Å². The minimum Gasteiger partial charge on any atom is -0.377 e. The fourth-order valence-electron chi connectivity index (χ4n) is 0.736. The number of aldehydes is 1. The molecule has 0 spiro atoms. The first-order chi connectivity index (χ1) is 5.35. The Morgan fingerprint density at radius 2 is 2.27 bits per heavy atom. The summed E-state index contributed by atoms with van der Waals surface area (Å²) in [6.07, 6.45) is 8.77. The Balaban J connectivity index is 3.68. The molecule has 2 nitrogen and oxygen atoms in total. The lowest BCUT2D eigenvalue weighted by Crippen LogP contribution is -2.04. The molecule has 0 aliphatic heterocycles. The Morgan fingerprint density at radius 3 is 2.73 bits per heavy atom. The summed E-state index contributed by atoms with van der Waals surface area (Å²) < 4.78 is 5.08. The van der Waals surface area contributed by atoms with Gasteiger partial charge < -0.3 is 4.74 Å². The van der Waals surface area contributed by atoms with Crippen LogP contribution in [-0.4, -0.2) is 19.5 Å². The number of rotatable bonds is 5. The molecule has 0 heterocycles. The summed E-state index contributed by atoms with van der Waals surface area (Å²) in [7, 11) is 1.65. The normalized spacial score (nSPS) is 14.4. The summed E-state index contributed by atoms with van der Waals surface area (Å²) in [5.74, 6) is 0. The second-order valence-electron chi connectivity index (χ2n) is 2.10. The van der Waals surface area contributed by atoms with Gasteiger partial charge in [-0.15, -0.1) is 0 Å². The summed E-state index contributed by atoms with van der Waals surface area (Å²) in [5, 5.41) is 0. The Labute approximate surface area is 67.6 Å². The van der Waals surface area contributed by atoms with Crippen molar-refractivity contribution in [2.45, 2.75) is 19.4 Å². The molecule has 0 rings (SSSR count). The second-order valence-corrected chi connectivity index (χ2v) is 2.10. The van der Waals surface area contributed by atoms with Gasteiger partial charge in [-0.1, -0.05) is 18.2 Å². The Bertz CT molecular complexity index is 148. The largest absolute Gasteiger partial charge is 0.377 e. The Hall–Kier alpha value is -0.890. The van der Waals surface area contributed by atoms with Gasteiger partial charge in [0, 0.05) is 7.11 Å². The maximum Gasteiger partial charge on any atom is 0.142 e. The molecule has 0 aromatic heterocycles. The Morgan fingerprint density at radius 1 is 1.55 bits per heavy atom. The zero-order valence-corrected chi connectivity index (χ0v) is 6.99. The predicted octanol–water partition coefficient (Wildman–Crippen LogP) is 1.72. The van der Waals surface area contributed by atoms with Crippen LogP contribution in [0.15, 0.2) is 24.3 Å². The quantitative estimate of drug-likeness (QED) is 0.342. The third-order valence-electron chi connectivity index (χ3n) is 1.29. The van der Waals surface area contributed by atoms with Crippen LogP contribution in [0.1, 0.15) is 13.3 Å². The van der Waals surface area contributed by atoms with Gasteiger partial charge in [-0.25, -0.2) is 0 Å². The number of hydrogen-bond donors (Lipinski definition) is 0. The van der Waals surface area contributed by atoms with Gasteiger partial charge >= 0.3 is 0 Å². The van der Waals surface area contributed by atoms with Gasteiger partial charge in [-0.2, -0.15) is 0 Å². The molecule has 0 aromatic carbocycles. The lowest BCUT2D eigenvalue weighted by atomic mass is 10.2. The highest BCUT2D eigenvalue weighted by Crippen LogP contribution is 1.99. The van der Waals surface area contributed by atoms with Gasteiger partial charge in [0.2, 0.25) is 0 Å². The molecule has 0 amide bonds. The van der Waals surface area contributed by atoms with Crippen LogP contribution >= 0.6 is 0 Å². The zero-order chi connectivity index (χ0) is 8.53. The highest BCUT2D eigenvalue weighted by atomic mass is 16.5. The maximum atomic E-state index is 9.89. The SMILES string of the molecule is C/C=C\C(C/C=C/C=O)OC. The fourth-order valence-corrected chi connectivity index (χ4v) is 0.736. The van der Waals surface area contributed by atoms with E-state index in [9.17, 15) is 4.79 Å². The van der Waals surface area contributed by atoms with E-state index in [-0.39, 0.29) is 6.10 Å². The molecule has 11 heavy (non-hydrogen) atoms. The van der Waals surface area contributed by atoms with Crippen LogP contribution in [0.4, 0.5) is 0 Å². The van der Waals surface area contributed by atoms with E-state index in [1.807, 2.05) is 19.1 Å². The van der Waals surface area contributed by atoms with E-state index in [2.05, 4.69) is 0 Å². The molecule has 0 aliphatic rings. The van der Waals surface area contributed by atoms with Crippen molar-refractivity contribution in [3.8, 4) is 0 Å². The number of hydrogen-bond acceptors (Lipinski definition) is 2. The van der Waals surface area contributed by atoms with E-state index in [4.69, 9.17) is 4.74 Å². The van der Waals surface area contributed by atoms with E-state index in [1.54, 1.807) is 13.2 Å². The molecule has 1 atom stereocenters. The fraction of sp³-hybridized carbons (Fsp3) is 0.444. The van der Waals surface area contributed by atoms with Crippen LogP contribution in [0.2, 0.25) is 0 Å². The van der Waals surface area contributed by atoms with E-state index < -0.39 is 0 Å². The van der Waals surface area contributed by atoms with Gasteiger partial charge in [0.05, 0.1) is 6.10 Å².